The van der Waals surface area contributed by atoms with E-state index in [9.17, 15) is 57.5 Å². The quantitative estimate of drug-likeness (QED) is 0.0404. The van der Waals surface area contributed by atoms with Crippen LogP contribution in [0.3, 0.4) is 0 Å². The number of esters is 6. The Hall–Kier alpha value is -7.56. The van der Waals surface area contributed by atoms with Gasteiger partial charge < -0.3 is 86.2 Å². The van der Waals surface area contributed by atoms with Crippen molar-refractivity contribution >= 4 is 72.4 Å². The molecule has 6 aliphatic rings. The summed E-state index contributed by atoms with van der Waals surface area (Å²) in [5.74, 6) is -0.917. The number of hydrogen-bond acceptors (Lipinski definition) is 24. The average Bonchev–Trinajstić information content (AvgIpc) is 1.61. The van der Waals surface area contributed by atoms with Crippen LogP contribution in [0.15, 0.2) is 0 Å². The van der Waals surface area contributed by atoms with Crippen molar-refractivity contribution in [1.29, 1.82) is 0 Å². The van der Waals surface area contributed by atoms with E-state index in [1.165, 1.54) is 0 Å². The number of unbranched alkanes of at least 4 members (excludes halogenated alkanes) is 3. The molecule has 0 N–H and O–H groups in total. The Morgan fingerprint density at radius 1 is 0.227 bits per heavy atom. The van der Waals surface area contributed by atoms with Crippen molar-refractivity contribution in [2.24, 2.45) is 37.9 Å². The van der Waals surface area contributed by atoms with Crippen molar-refractivity contribution in [2.45, 2.75) is 584 Å². The highest BCUT2D eigenvalue weighted by molar-refractivity contribution is 5.80. The van der Waals surface area contributed by atoms with Crippen molar-refractivity contribution in [3.05, 3.63) is 0 Å². The second-order valence-electron chi connectivity index (χ2n) is 50.3. The lowest BCUT2D eigenvalue weighted by molar-refractivity contribution is -0.182. The molecule has 150 heavy (non-hydrogen) atoms. The van der Waals surface area contributed by atoms with Gasteiger partial charge in [0.25, 0.3) is 0 Å². The number of piperidine rings is 5. The van der Waals surface area contributed by atoms with E-state index in [-0.39, 0.29) is 125 Å². The van der Waals surface area contributed by atoms with E-state index >= 15 is 0 Å². The molecular weight excluding hydrogens is 1910 g/mol. The molecule has 876 valence electrons. The van der Waals surface area contributed by atoms with E-state index in [0.29, 0.717) is 156 Å². The molecule has 0 aliphatic carbocycles. The number of rotatable bonds is 44. The molecule has 0 aromatic heterocycles. The third-order valence-corrected chi connectivity index (χ3v) is 32.4. The van der Waals surface area contributed by atoms with Crippen LogP contribution in [0.5, 0.6) is 0 Å². The smallest absolute Gasteiger partial charge is 0.410 e. The molecule has 1 atom stereocenters. The third-order valence-electron chi connectivity index (χ3n) is 32.4. The molecule has 0 aromatic rings. The molecule has 6 fully saturated rings. The zero-order valence-electron chi connectivity index (χ0n) is 103. The van der Waals surface area contributed by atoms with Gasteiger partial charge >= 0.3 is 72.4 Å². The van der Waals surface area contributed by atoms with Gasteiger partial charge in [-0.3, -0.25) is 28.8 Å². The van der Waals surface area contributed by atoms with Crippen LogP contribution in [0.25, 0.3) is 0 Å². The lowest BCUT2D eigenvalue weighted by Crippen LogP contribution is -2.52. The molecule has 0 saturated carbocycles. The molecule has 6 aliphatic heterocycles. The third kappa shape index (κ3) is 48.0. The summed E-state index contributed by atoms with van der Waals surface area (Å²) in [6.45, 7) is 84.3. The molecule has 6 amide bonds. The SMILES string of the molecule is CCC(C)(C)C(=O)OC1CCN(C(=O)OC(C)(C)C)CC1.CCC(C)(C)OC(=O)N1CCC(OC(=O)C(C)(C)CC)CC1.CCC(CC)(CC)OC(=O)N1CCC(OC(=O)C(C)(C)CC)CC1.CCCC(C)(C)OC(=O)N1CCC(OC(=O)C(C)(C)CC)CC1.CCCC(CCC)(CCC)OC(=O)N1CCC(OC(=O)C(C)(C)CC)CC1.CCCCC(CCCC)(CCCC)OC(=O)N1CCC(OC(=O)C(C)(C)CC)(C(C)(C)C)C1. The van der Waals surface area contributed by atoms with E-state index in [1.54, 1.807) is 29.4 Å². The van der Waals surface area contributed by atoms with Crippen LogP contribution in [0.1, 0.15) is 514 Å². The van der Waals surface area contributed by atoms with Crippen LogP contribution in [0.4, 0.5) is 28.8 Å². The minimum Gasteiger partial charge on any atom is -0.462 e. The average molecular weight is 2130 g/mol. The number of nitrogens with zero attached hydrogens (tertiary/aromatic N) is 6. The van der Waals surface area contributed by atoms with Crippen molar-refractivity contribution in [3.8, 4) is 0 Å². The summed E-state index contributed by atoms with van der Waals surface area (Å²) in [5.41, 5.74) is -6.17. The molecular formula is C120H222N6O24. The Labute approximate surface area is 911 Å². The Morgan fingerprint density at radius 2 is 0.447 bits per heavy atom. The second kappa shape index (κ2) is 64.8. The van der Waals surface area contributed by atoms with Gasteiger partial charge in [0.2, 0.25) is 0 Å². The van der Waals surface area contributed by atoms with Gasteiger partial charge in [-0.15, -0.1) is 0 Å². The van der Waals surface area contributed by atoms with E-state index in [2.05, 4.69) is 90.0 Å². The van der Waals surface area contributed by atoms with E-state index in [4.69, 9.17) is 56.8 Å². The molecule has 6 saturated heterocycles. The van der Waals surface area contributed by atoms with Gasteiger partial charge in [0, 0.05) is 148 Å². The maximum atomic E-state index is 13.5. The molecule has 6 heterocycles. The fraction of sp³-hybridized carbons (Fsp3) is 0.900. The first-order valence-corrected chi connectivity index (χ1v) is 58.7. The first-order chi connectivity index (χ1) is 69.5. The summed E-state index contributed by atoms with van der Waals surface area (Å²) >= 11 is 0. The van der Waals surface area contributed by atoms with E-state index < -0.39 is 54.9 Å². The lowest BCUT2D eigenvalue weighted by atomic mass is 9.75. The fourth-order valence-corrected chi connectivity index (χ4v) is 17.6. The molecule has 0 aromatic carbocycles. The van der Waals surface area contributed by atoms with Gasteiger partial charge in [0.1, 0.15) is 69.7 Å². The van der Waals surface area contributed by atoms with Crippen LogP contribution >= 0.6 is 0 Å². The van der Waals surface area contributed by atoms with Crippen LogP contribution in [0.2, 0.25) is 0 Å². The van der Waals surface area contributed by atoms with Gasteiger partial charge in [-0.05, 0) is 260 Å². The minimum atomic E-state index is -0.700. The predicted octanol–water partition coefficient (Wildman–Crippen LogP) is 29.4. The molecule has 1 unspecified atom stereocenters. The molecule has 0 spiro atoms. The largest absolute Gasteiger partial charge is 0.462 e. The van der Waals surface area contributed by atoms with Gasteiger partial charge in [-0.2, -0.15) is 0 Å². The number of carbonyl (C=O) groups is 12. The Balaban J connectivity index is 0.000000906. The maximum Gasteiger partial charge on any atom is 0.410 e. The zero-order chi connectivity index (χ0) is 115. The second-order valence-corrected chi connectivity index (χ2v) is 50.3. The molecule has 0 radical (unpaired) electrons. The minimum absolute atomic E-state index is 0.0954. The van der Waals surface area contributed by atoms with Crippen molar-refractivity contribution in [3.63, 3.8) is 0 Å². The van der Waals surface area contributed by atoms with Gasteiger partial charge in [-0.1, -0.05) is 183 Å². The van der Waals surface area contributed by atoms with Crippen LogP contribution in [-0.2, 0) is 85.6 Å². The number of hydrogen-bond donors (Lipinski definition) is 0. The summed E-state index contributed by atoms with van der Waals surface area (Å²) in [6.07, 6.45) is 30.0. The molecule has 6 rings (SSSR count). The van der Waals surface area contributed by atoms with Gasteiger partial charge in [-0.25, -0.2) is 28.8 Å². The van der Waals surface area contributed by atoms with Crippen molar-refractivity contribution in [1.82, 2.24) is 29.4 Å². The first kappa shape index (κ1) is 140. The monoisotopic (exact) mass is 2130 g/mol. The summed E-state index contributed by atoms with van der Waals surface area (Å²) in [4.78, 5) is 159. The Kier molecular flexibility index (Phi) is 60.7. The summed E-state index contributed by atoms with van der Waals surface area (Å²) in [7, 11) is 0. The number of ether oxygens (including phenoxy) is 12. The first-order valence-electron chi connectivity index (χ1n) is 58.7. The molecule has 30 nitrogen and oxygen atoms in total. The van der Waals surface area contributed by atoms with Crippen LogP contribution < -0.4 is 0 Å². The summed E-state index contributed by atoms with van der Waals surface area (Å²) < 4.78 is 68.9. The fourth-order valence-electron chi connectivity index (χ4n) is 17.6. The van der Waals surface area contributed by atoms with Crippen LogP contribution in [0, 0.1) is 37.9 Å². The number of carbonyl (C=O) groups excluding carboxylic acids is 12. The zero-order valence-corrected chi connectivity index (χ0v) is 103. The Bertz CT molecular complexity index is 3940. The van der Waals surface area contributed by atoms with Crippen LogP contribution in [-0.4, -0.2) is 250 Å². The van der Waals surface area contributed by atoms with Crippen molar-refractivity contribution < 1.29 is 114 Å². The number of amides is 6. The highest BCUT2D eigenvalue weighted by Gasteiger charge is 2.55. The van der Waals surface area contributed by atoms with Crippen molar-refractivity contribution in [2.75, 3.05) is 78.5 Å². The normalized spacial score (nSPS) is 17.5. The Morgan fingerprint density at radius 3 is 0.667 bits per heavy atom. The predicted molar refractivity (Wildman–Crippen MR) is 597 cm³/mol. The van der Waals surface area contributed by atoms with E-state index in [0.717, 1.165) is 167 Å². The van der Waals surface area contributed by atoms with Gasteiger partial charge in [0.15, 0.2) is 0 Å². The topological polar surface area (TPSA) is 335 Å². The highest BCUT2D eigenvalue weighted by Crippen LogP contribution is 2.46. The summed E-state index contributed by atoms with van der Waals surface area (Å²) in [5, 5.41) is 0. The standard InChI is InChI=1S/C28H53NO4.C22H41NO4.C19H35NO4.C18H33NO4.C17H31NO4.C16H29NO4/c1-10-14-17-27(18-15-11-2,19-16-12-3)33-24(31)29-21-20-28(22-29,25(5,6)7)32-23(30)26(8,9)13-4;1-7-13-22(14-8-2,15-9-3)27-20(25)23-16-11-18(12-17-23)26-19(24)21(5,6)10-4;1-7-18(5,6)16(21)23-15-11-13-20(14-12-15)17(22)24-19(8-2,9-3)10-4;1-7-11-18(5,6)23-16(21)19-12-9-14(10-13-19)22-15(20)17(3,4)8-2;1-7-16(3,4)14(19)21-13-9-11-18(12-10-13)15(20)22-17(5,6)8-2;1-7-16(5,6)13(18)20-12-8-10-17(11-9-12)14(19)21-15(2,3)4/h10-22H2,1-9H3;18H,7-17H2,1-6H3;15H,7-14H2,1-6H3;14H,7-13H2,1-6H3;13H,7-12H2,1-6H3;12H,7-11H2,1-6H3. The molecule has 0 bridgehead atoms. The maximum absolute atomic E-state index is 13.5. The molecule has 30 heteroatoms. The van der Waals surface area contributed by atoms with E-state index in [1.807, 2.05) is 180 Å². The highest BCUT2D eigenvalue weighted by atomic mass is 16.6. The lowest BCUT2D eigenvalue weighted by Gasteiger charge is -2.42. The van der Waals surface area contributed by atoms with Gasteiger partial charge in [0.05, 0.1) is 39.0 Å². The summed E-state index contributed by atoms with van der Waals surface area (Å²) in [6, 6.07) is 0. The number of likely N-dealkylation sites (tertiary alicyclic amines) is 6.